The molecule has 2 aromatic carbocycles. The van der Waals surface area contributed by atoms with Gasteiger partial charge in [0.15, 0.2) is 9.84 Å². The Morgan fingerprint density at radius 3 is 2.41 bits per heavy atom. The molecule has 0 saturated heterocycles. The molecular weight excluding hydrogens is 483 g/mol. The van der Waals surface area contributed by atoms with E-state index in [0.29, 0.717) is 5.02 Å². The number of sulfone groups is 1. The zero-order valence-corrected chi connectivity index (χ0v) is 18.8. The molecule has 5 nitrogen and oxygen atoms in total. The summed E-state index contributed by atoms with van der Waals surface area (Å²) in [5.74, 6) is -2.42. The van der Waals surface area contributed by atoms with Crippen molar-refractivity contribution in [3.05, 3.63) is 99.3 Å². The highest BCUT2D eigenvalue weighted by Crippen LogP contribution is 2.40. The SMILES string of the molecule is COC(=O)C=Cc1cc(C(c2cc(F)ccc2F)S(=O)(=O)c2ccc(Cl)cc2)c(Cl)cn1. The number of rotatable bonds is 6. The molecule has 3 rings (SSSR count). The quantitative estimate of drug-likeness (QED) is 0.336. The van der Waals surface area contributed by atoms with Crippen LogP contribution in [-0.2, 0) is 19.4 Å². The lowest BCUT2D eigenvalue weighted by atomic mass is 10.0. The van der Waals surface area contributed by atoms with Gasteiger partial charge in [-0.15, -0.1) is 0 Å². The average Bonchev–Trinajstić information content (AvgIpc) is 2.76. The monoisotopic (exact) mass is 497 g/mol. The molecular formula is C22H15Cl2F2NO4S. The summed E-state index contributed by atoms with van der Waals surface area (Å²) < 4.78 is 60.4. The van der Waals surface area contributed by atoms with E-state index in [4.69, 9.17) is 23.2 Å². The standard InChI is InChI=1S/C22H15Cl2F2NO4S/c1-31-21(28)9-5-15-11-17(19(24)12-27-15)22(18-10-14(25)4-8-20(18)26)32(29,30)16-6-2-13(23)3-7-16/h2-12,22H,1H3. The number of benzene rings is 2. The molecule has 0 aliphatic heterocycles. The molecule has 0 aliphatic carbocycles. The molecule has 1 unspecified atom stereocenters. The Labute approximate surface area is 193 Å². The van der Waals surface area contributed by atoms with Gasteiger partial charge in [-0.05, 0) is 60.2 Å². The molecule has 0 aliphatic rings. The van der Waals surface area contributed by atoms with Crippen molar-refractivity contribution in [2.24, 2.45) is 0 Å². The van der Waals surface area contributed by atoms with Crippen molar-refractivity contribution in [1.29, 1.82) is 0 Å². The molecule has 1 atom stereocenters. The molecule has 1 heterocycles. The number of nitrogens with zero attached hydrogens (tertiary/aromatic N) is 1. The van der Waals surface area contributed by atoms with Gasteiger partial charge in [0, 0.05) is 22.9 Å². The Kier molecular flexibility index (Phi) is 7.28. The van der Waals surface area contributed by atoms with Crippen molar-refractivity contribution in [3.8, 4) is 0 Å². The summed E-state index contributed by atoms with van der Waals surface area (Å²) in [6.45, 7) is 0. The van der Waals surface area contributed by atoms with Gasteiger partial charge in [-0.2, -0.15) is 0 Å². The second kappa shape index (κ2) is 9.77. The first kappa shape index (κ1) is 23.8. The van der Waals surface area contributed by atoms with Crippen LogP contribution >= 0.6 is 23.2 Å². The number of methoxy groups -OCH3 is 1. The van der Waals surface area contributed by atoms with Crippen LogP contribution in [0.2, 0.25) is 10.0 Å². The molecule has 3 aromatic rings. The average molecular weight is 498 g/mol. The lowest BCUT2D eigenvalue weighted by Crippen LogP contribution is -2.18. The van der Waals surface area contributed by atoms with E-state index >= 15 is 0 Å². The van der Waals surface area contributed by atoms with E-state index in [1.165, 1.54) is 43.5 Å². The summed E-state index contributed by atoms with van der Waals surface area (Å²) in [5.41, 5.74) is -0.329. The van der Waals surface area contributed by atoms with Crippen LogP contribution in [0.3, 0.4) is 0 Å². The first-order valence-electron chi connectivity index (χ1n) is 8.99. The van der Waals surface area contributed by atoms with Crippen molar-refractivity contribution >= 4 is 45.1 Å². The highest BCUT2D eigenvalue weighted by atomic mass is 35.5. The van der Waals surface area contributed by atoms with Crippen LogP contribution in [0.15, 0.2) is 65.7 Å². The Morgan fingerprint density at radius 2 is 1.75 bits per heavy atom. The fourth-order valence-corrected chi connectivity index (χ4v) is 5.20. The lowest BCUT2D eigenvalue weighted by Gasteiger charge is -2.21. The number of halogens is 4. The third-order valence-corrected chi connectivity index (χ3v) is 7.10. The molecule has 0 amide bonds. The maximum absolute atomic E-state index is 14.8. The van der Waals surface area contributed by atoms with Crippen molar-refractivity contribution in [2.75, 3.05) is 7.11 Å². The number of ether oxygens (including phenoxy) is 1. The lowest BCUT2D eigenvalue weighted by molar-refractivity contribution is -0.134. The van der Waals surface area contributed by atoms with Crippen LogP contribution in [0.25, 0.3) is 6.08 Å². The van der Waals surface area contributed by atoms with Gasteiger partial charge < -0.3 is 4.74 Å². The maximum atomic E-state index is 14.8. The van der Waals surface area contributed by atoms with E-state index in [9.17, 15) is 22.0 Å². The summed E-state index contributed by atoms with van der Waals surface area (Å²) in [5, 5.41) is -1.50. The van der Waals surface area contributed by atoms with Crippen LogP contribution in [0.4, 0.5) is 8.78 Å². The molecule has 1 aromatic heterocycles. The number of pyridine rings is 1. The minimum Gasteiger partial charge on any atom is -0.466 e. The Hall–Kier alpha value is -2.81. The number of esters is 1. The van der Waals surface area contributed by atoms with Crippen LogP contribution in [0.1, 0.15) is 22.1 Å². The number of hydrogen-bond donors (Lipinski definition) is 0. The first-order valence-corrected chi connectivity index (χ1v) is 11.3. The zero-order valence-electron chi connectivity index (χ0n) is 16.4. The molecule has 32 heavy (non-hydrogen) atoms. The highest BCUT2D eigenvalue weighted by Gasteiger charge is 2.35. The summed E-state index contributed by atoms with van der Waals surface area (Å²) in [7, 11) is -3.14. The second-order valence-electron chi connectivity index (χ2n) is 6.53. The molecule has 166 valence electrons. The van der Waals surface area contributed by atoms with E-state index in [-0.39, 0.29) is 21.2 Å². The topological polar surface area (TPSA) is 73.3 Å². The predicted molar refractivity (Wildman–Crippen MR) is 117 cm³/mol. The van der Waals surface area contributed by atoms with Crippen LogP contribution < -0.4 is 0 Å². The Morgan fingerprint density at radius 1 is 1.06 bits per heavy atom. The van der Waals surface area contributed by atoms with Crippen molar-refractivity contribution in [1.82, 2.24) is 4.98 Å². The molecule has 0 N–H and O–H groups in total. The van der Waals surface area contributed by atoms with E-state index < -0.39 is 38.3 Å². The van der Waals surface area contributed by atoms with Gasteiger partial charge in [0.1, 0.15) is 16.9 Å². The summed E-state index contributed by atoms with van der Waals surface area (Å²) in [4.78, 5) is 15.2. The van der Waals surface area contributed by atoms with Gasteiger partial charge in [0.2, 0.25) is 0 Å². The zero-order chi connectivity index (χ0) is 23.5. The highest BCUT2D eigenvalue weighted by molar-refractivity contribution is 7.92. The van der Waals surface area contributed by atoms with E-state index in [1.54, 1.807) is 0 Å². The van der Waals surface area contributed by atoms with Crippen molar-refractivity contribution < 1.29 is 26.7 Å². The largest absolute Gasteiger partial charge is 0.466 e. The summed E-state index contributed by atoms with van der Waals surface area (Å²) >= 11 is 12.1. The third-order valence-electron chi connectivity index (χ3n) is 4.47. The van der Waals surface area contributed by atoms with Crippen LogP contribution in [0.5, 0.6) is 0 Å². The van der Waals surface area contributed by atoms with Crippen LogP contribution in [0, 0.1) is 11.6 Å². The van der Waals surface area contributed by atoms with Gasteiger partial charge in [-0.25, -0.2) is 22.0 Å². The molecule has 10 heteroatoms. The fourth-order valence-electron chi connectivity index (χ4n) is 2.96. The van der Waals surface area contributed by atoms with Gasteiger partial charge in [-0.1, -0.05) is 23.2 Å². The predicted octanol–water partition coefficient (Wildman–Crippen LogP) is 5.42. The summed E-state index contributed by atoms with van der Waals surface area (Å²) in [6.07, 6.45) is 3.51. The summed E-state index contributed by atoms with van der Waals surface area (Å²) in [6, 6.07) is 9.05. The molecule has 0 radical (unpaired) electrons. The smallest absolute Gasteiger partial charge is 0.330 e. The first-order chi connectivity index (χ1) is 15.1. The maximum Gasteiger partial charge on any atom is 0.330 e. The normalized spacial score (nSPS) is 12.7. The Balaban J connectivity index is 2.26. The van der Waals surface area contributed by atoms with E-state index in [0.717, 1.165) is 30.5 Å². The van der Waals surface area contributed by atoms with Gasteiger partial charge >= 0.3 is 5.97 Å². The fraction of sp³-hybridized carbons (Fsp3) is 0.0909. The number of carbonyl (C=O) groups is 1. The van der Waals surface area contributed by atoms with E-state index in [1.807, 2.05) is 0 Å². The molecule has 0 saturated carbocycles. The van der Waals surface area contributed by atoms with Gasteiger partial charge in [-0.3, -0.25) is 4.98 Å². The minimum absolute atomic E-state index is 0.0503. The number of hydrogen-bond acceptors (Lipinski definition) is 5. The van der Waals surface area contributed by atoms with Gasteiger partial charge in [0.05, 0.1) is 22.7 Å². The number of carbonyl (C=O) groups excluding carboxylic acids is 1. The molecule has 0 spiro atoms. The third kappa shape index (κ3) is 5.15. The van der Waals surface area contributed by atoms with E-state index in [2.05, 4.69) is 9.72 Å². The minimum atomic E-state index is -4.33. The van der Waals surface area contributed by atoms with Gasteiger partial charge in [0.25, 0.3) is 0 Å². The number of aromatic nitrogens is 1. The van der Waals surface area contributed by atoms with Crippen molar-refractivity contribution in [3.63, 3.8) is 0 Å². The van der Waals surface area contributed by atoms with Crippen molar-refractivity contribution in [2.45, 2.75) is 10.1 Å². The molecule has 0 fully saturated rings. The molecule has 0 bridgehead atoms. The second-order valence-corrected chi connectivity index (χ2v) is 9.41. The van der Waals surface area contributed by atoms with Crippen LogP contribution in [-0.4, -0.2) is 26.5 Å². The Bertz CT molecular complexity index is 1300.